The maximum Gasteiger partial charge on any atom is 0.127 e. The molecule has 3 heteroatoms. The van der Waals surface area contributed by atoms with Gasteiger partial charge >= 0.3 is 0 Å². The van der Waals surface area contributed by atoms with Crippen molar-refractivity contribution in [2.24, 2.45) is 11.7 Å². The van der Waals surface area contributed by atoms with E-state index in [0.717, 1.165) is 31.1 Å². The van der Waals surface area contributed by atoms with Crippen molar-refractivity contribution in [1.82, 2.24) is 0 Å². The maximum atomic E-state index is 5.80. The molecule has 104 valence electrons. The molecule has 1 saturated heterocycles. The van der Waals surface area contributed by atoms with Gasteiger partial charge in [-0.05, 0) is 55.3 Å². The average Bonchev–Trinajstić information content (AvgIpc) is 2.98. The molecule has 1 aliphatic rings. The molecular weight excluding hydrogens is 248 g/mol. The highest BCUT2D eigenvalue weighted by molar-refractivity contribution is 5.50. The summed E-state index contributed by atoms with van der Waals surface area (Å²) in [7, 11) is 0. The van der Waals surface area contributed by atoms with Gasteiger partial charge in [0.25, 0.3) is 0 Å². The van der Waals surface area contributed by atoms with Crippen LogP contribution in [-0.4, -0.2) is 19.6 Å². The molecule has 3 rings (SSSR count). The zero-order valence-corrected chi connectivity index (χ0v) is 11.5. The molecule has 2 aromatic carbocycles. The van der Waals surface area contributed by atoms with Crippen LogP contribution < -0.4 is 15.4 Å². The summed E-state index contributed by atoms with van der Waals surface area (Å²) >= 11 is 0. The van der Waals surface area contributed by atoms with Gasteiger partial charge in [-0.1, -0.05) is 18.2 Å². The molecule has 0 amide bonds. The minimum absolute atomic E-state index is 0.634. The van der Waals surface area contributed by atoms with Gasteiger partial charge in [0.05, 0.1) is 0 Å². The largest absolute Gasteiger partial charge is 0.457 e. The number of rotatable bonds is 4. The van der Waals surface area contributed by atoms with Gasteiger partial charge in [0.15, 0.2) is 0 Å². The Hall–Kier alpha value is -2.00. The Morgan fingerprint density at radius 3 is 2.35 bits per heavy atom. The molecule has 1 atom stereocenters. The second kappa shape index (κ2) is 5.97. The van der Waals surface area contributed by atoms with Crippen molar-refractivity contribution in [2.45, 2.75) is 6.42 Å². The Kier molecular flexibility index (Phi) is 3.88. The molecule has 3 nitrogen and oxygen atoms in total. The molecule has 0 bridgehead atoms. The minimum atomic E-state index is 0.634. The molecule has 2 aromatic rings. The number of anilines is 1. The van der Waals surface area contributed by atoms with E-state index in [4.69, 9.17) is 10.5 Å². The number of nitrogens with two attached hydrogens (primary N) is 1. The molecule has 0 aliphatic carbocycles. The Balaban J connectivity index is 1.66. The fourth-order valence-corrected chi connectivity index (χ4v) is 2.61. The van der Waals surface area contributed by atoms with Gasteiger partial charge in [0.1, 0.15) is 11.5 Å². The van der Waals surface area contributed by atoms with E-state index < -0.39 is 0 Å². The molecule has 2 N–H and O–H groups in total. The highest BCUT2D eigenvalue weighted by Gasteiger charge is 2.21. The van der Waals surface area contributed by atoms with E-state index in [-0.39, 0.29) is 0 Å². The fraction of sp³-hybridized carbons (Fsp3) is 0.294. The van der Waals surface area contributed by atoms with Gasteiger partial charge in [-0.3, -0.25) is 0 Å². The van der Waals surface area contributed by atoms with Gasteiger partial charge in [0, 0.05) is 18.8 Å². The Morgan fingerprint density at radius 2 is 1.70 bits per heavy atom. The Labute approximate surface area is 120 Å². The van der Waals surface area contributed by atoms with Crippen molar-refractivity contribution in [2.75, 3.05) is 24.5 Å². The van der Waals surface area contributed by atoms with Crippen LogP contribution in [0.15, 0.2) is 54.6 Å². The molecular formula is C17H20N2O. The second-order valence-corrected chi connectivity index (χ2v) is 5.25. The van der Waals surface area contributed by atoms with Crippen LogP contribution in [0, 0.1) is 5.92 Å². The van der Waals surface area contributed by atoms with Crippen LogP contribution in [-0.2, 0) is 0 Å². The predicted octanol–water partition coefficient (Wildman–Crippen LogP) is 3.26. The number of hydrogen-bond acceptors (Lipinski definition) is 3. The zero-order valence-electron chi connectivity index (χ0n) is 11.5. The Bertz CT molecular complexity index is 539. The Morgan fingerprint density at radius 1 is 1.00 bits per heavy atom. The fourth-order valence-electron chi connectivity index (χ4n) is 2.61. The van der Waals surface area contributed by atoms with Crippen LogP contribution in [0.2, 0.25) is 0 Å². The van der Waals surface area contributed by atoms with Crippen LogP contribution in [0.1, 0.15) is 6.42 Å². The van der Waals surface area contributed by atoms with Gasteiger partial charge in [0.2, 0.25) is 0 Å². The third-order valence-electron chi connectivity index (χ3n) is 3.80. The van der Waals surface area contributed by atoms with E-state index in [0.29, 0.717) is 5.92 Å². The number of ether oxygens (including phenoxy) is 1. The lowest BCUT2D eigenvalue weighted by atomic mass is 10.1. The van der Waals surface area contributed by atoms with E-state index in [1.165, 1.54) is 12.1 Å². The lowest BCUT2D eigenvalue weighted by Crippen LogP contribution is -2.22. The van der Waals surface area contributed by atoms with E-state index in [1.54, 1.807) is 0 Å². The number of hydrogen-bond donors (Lipinski definition) is 1. The summed E-state index contributed by atoms with van der Waals surface area (Å²) in [6, 6.07) is 18.1. The molecule has 0 aromatic heterocycles. The second-order valence-electron chi connectivity index (χ2n) is 5.25. The lowest BCUT2D eigenvalue weighted by molar-refractivity contribution is 0.482. The summed E-state index contributed by atoms with van der Waals surface area (Å²) in [6.45, 7) is 2.95. The molecule has 1 fully saturated rings. The highest BCUT2D eigenvalue weighted by Crippen LogP contribution is 2.27. The van der Waals surface area contributed by atoms with Crippen LogP contribution in [0.4, 0.5) is 5.69 Å². The number of benzene rings is 2. The monoisotopic (exact) mass is 268 g/mol. The lowest BCUT2D eigenvalue weighted by Gasteiger charge is -2.18. The van der Waals surface area contributed by atoms with Crippen molar-refractivity contribution in [3.8, 4) is 11.5 Å². The standard InChI is InChI=1S/C17H20N2O/c18-12-14-10-11-19(13-14)15-6-8-17(9-7-15)20-16-4-2-1-3-5-16/h1-9,14H,10-13,18H2/t14-/m1/s1. The summed E-state index contributed by atoms with van der Waals surface area (Å²) in [6.07, 6.45) is 1.19. The number of para-hydroxylation sites is 1. The van der Waals surface area contributed by atoms with Crippen LogP contribution in [0.3, 0.4) is 0 Å². The summed E-state index contributed by atoms with van der Waals surface area (Å²) in [5, 5.41) is 0. The van der Waals surface area contributed by atoms with Crippen molar-refractivity contribution in [3.63, 3.8) is 0 Å². The van der Waals surface area contributed by atoms with E-state index in [2.05, 4.69) is 17.0 Å². The van der Waals surface area contributed by atoms with Gasteiger partial charge in [-0.25, -0.2) is 0 Å². The van der Waals surface area contributed by atoms with Crippen LogP contribution >= 0.6 is 0 Å². The molecule has 0 radical (unpaired) electrons. The van der Waals surface area contributed by atoms with E-state index in [1.807, 2.05) is 42.5 Å². The van der Waals surface area contributed by atoms with Gasteiger partial charge in [-0.2, -0.15) is 0 Å². The number of nitrogens with zero attached hydrogens (tertiary/aromatic N) is 1. The van der Waals surface area contributed by atoms with Crippen molar-refractivity contribution in [3.05, 3.63) is 54.6 Å². The normalized spacial score (nSPS) is 18.2. The highest BCUT2D eigenvalue weighted by atomic mass is 16.5. The summed E-state index contributed by atoms with van der Waals surface area (Å²) in [5.74, 6) is 2.37. The topological polar surface area (TPSA) is 38.5 Å². The molecule has 0 saturated carbocycles. The average molecular weight is 268 g/mol. The zero-order chi connectivity index (χ0) is 13.8. The quantitative estimate of drug-likeness (QED) is 0.925. The van der Waals surface area contributed by atoms with E-state index in [9.17, 15) is 0 Å². The molecule has 20 heavy (non-hydrogen) atoms. The predicted molar refractivity (Wildman–Crippen MR) is 82.3 cm³/mol. The van der Waals surface area contributed by atoms with Crippen molar-refractivity contribution < 1.29 is 4.74 Å². The van der Waals surface area contributed by atoms with Gasteiger partial charge in [-0.15, -0.1) is 0 Å². The first-order valence-electron chi connectivity index (χ1n) is 7.13. The molecule has 0 spiro atoms. The minimum Gasteiger partial charge on any atom is -0.457 e. The summed E-state index contributed by atoms with van der Waals surface area (Å²) in [4.78, 5) is 2.39. The molecule has 0 unspecified atom stereocenters. The first kappa shape index (κ1) is 13.0. The summed E-state index contributed by atoms with van der Waals surface area (Å²) in [5.41, 5.74) is 6.99. The van der Waals surface area contributed by atoms with Crippen LogP contribution in [0.25, 0.3) is 0 Å². The smallest absolute Gasteiger partial charge is 0.127 e. The van der Waals surface area contributed by atoms with Crippen LogP contribution in [0.5, 0.6) is 11.5 Å². The first-order chi connectivity index (χ1) is 9.85. The maximum absolute atomic E-state index is 5.80. The SMILES string of the molecule is NC[C@H]1CCN(c2ccc(Oc3ccccc3)cc2)C1. The van der Waals surface area contributed by atoms with E-state index >= 15 is 0 Å². The third kappa shape index (κ3) is 2.94. The molecule has 1 heterocycles. The van der Waals surface area contributed by atoms with Crippen molar-refractivity contribution >= 4 is 5.69 Å². The summed E-state index contributed by atoms with van der Waals surface area (Å²) < 4.78 is 5.80. The molecule has 1 aliphatic heterocycles. The first-order valence-corrected chi connectivity index (χ1v) is 7.13. The van der Waals surface area contributed by atoms with Crippen molar-refractivity contribution in [1.29, 1.82) is 0 Å². The van der Waals surface area contributed by atoms with Gasteiger partial charge < -0.3 is 15.4 Å². The third-order valence-corrected chi connectivity index (χ3v) is 3.80.